The number of alkyl halides is 1. The molecule has 3 rings (SSSR count). The van der Waals surface area contributed by atoms with Gasteiger partial charge in [0.2, 0.25) is 0 Å². The van der Waals surface area contributed by atoms with Crippen LogP contribution < -0.4 is 14.4 Å². The third-order valence-electron chi connectivity index (χ3n) is 4.13. The monoisotopic (exact) mass is 393 g/mol. The van der Waals surface area contributed by atoms with Gasteiger partial charge in [-0.1, -0.05) is 17.7 Å². The maximum atomic E-state index is 13.8. The summed E-state index contributed by atoms with van der Waals surface area (Å²) in [5, 5.41) is 9.92. The van der Waals surface area contributed by atoms with Gasteiger partial charge in [0.1, 0.15) is 30.2 Å². The fraction of sp³-hybridized carbons (Fsp3) is 0.350. The standard InChI is InChI=1S/C20H21ClFNO4/c1-20(2,22)12-27-17-7-6-14(21)10-13(17)11-23-8-9-26-18-15(19(24)25)4-3-5-16(18)23/h3-7,10H,8-9,11-12H2,1-2H3,(H,24,25). The number of fused-ring (bicyclic) bond motifs is 1. The summed E-state index contributed by atoms with van der Waals surface area (Å²) in [5.41, 5.74) is 0.149. The van der Waals surface area contributed by atoms with Crippen LogP contribution in [0.3, 0.4) is 0 Å². The van der Waals surface area contributed by atoms with Gasteiger partial charge in [-0.05, 0) is 44.2 Å². The average Bonchev–Trinajstić information content (AvgIpc) is 2.60. The number of ether oxygens (including phenoxy) is 2. The predicted molar refractivity (Wildman–Crippen MR) is 102 cm³/mol. The highest BCUT2D eigenvalue weighted by Gasteiger charge is 2.25. The summed E-state index contributed by atoms with van der Waals surface area (Å²) in [6, 6.07) is 10.2. The normalized spacial score (nSPS) is 13.7. The second-order valence-corrected chi connectivity index (χ2v) is 7.42. The molecule has 0 aromatic heterocycles. The average molecular weight is 394 g/mol. The molecular weight excluding hydrogens is 373 g/mol. The van der Waals surface area contributed by atoms with E-state index in [2.05, 4.69) is 0 Å². The lowest BCUT2D eigenvalue weighted by Gasteiger charge is -2.32. The van der Waals surface area contributed by atoms with Crippen molar-refractivity contribution in [2.24, 2.45) is 0 Å². The first-order valence-electron chi connectivity index (χ1n) is 8.59. The molecular formula is C20H21ClFNO4. The highest BCUT2D eigenvalue weighted by Crippen LogP contribution is 2.37. The minimum absolute atomic E-state index is 0.0789. The van der Waals surface area contributed by atoms with Gasteiger partial charge in [-0.25, -0.2) is 9.18 Å². The highest BCUT2D eigenvalue weighted by molar-refractivity contribution is 6.30. The minimum atomic E-state index is -1.46. The Hall–Kier alpha value is -2.47. The molecule has 0 spiro atoms. The zero-order valence-electron chi connectivity index (χ0n) is 15.2. The Morgan fingerprint density at radius 2 is 2.15 bits per heavy atom. The molecule has 2 aromatic carbocycles. The molecule has 1 heterocycles. The number of aromatic carboxylic acids is 1. The molecule has 0 atom stereocenters. The summed E-state index contributed by atoms with van der Waals surface area (Å²) in [5.74, 6) is -0.135. The molecule has 7 heteroatoms. The maximum Gasteiger partial charge on any atom is 0.339 e. The van der Waals surface area contributed by atoms with Crippen molar-refractivity contribution in [2.45, 2.75) is 26.1 Å². The van der Waals surface area contributed by atoms with Crippen molar-refractivity contribution in [3.05, 3.63) is 52.5 Å². The van der Waals surface area contributed by atoms with Crippen LogP contribution in [0.15, 0.2) is 36.4 Å². The zero-order chi connectivity index (χ0) is 19.6. The van der Waals surface area contributed by atoms with Crippen LogP contribution in [-0.4, -0.2) is 36.5 Å². The van der Waals surface area contributed by atoms with Crippen LogP contribution in [0.4, 0.5) is 10.1 Å². The van der Waals surface area contributed by atoms with Crippen molar-refractivity contribution in [3.8, 4) is 11.5 Å². The van der Waals surface area contributed by atoms with Gasteiger partial charge in [0.05, 0.1) is 12.2 Å². The number of carboxylic acid groups (broad SMARTS) is 1. The molecule has 0 amide bonds. The SMILES string of the molecule is CC(C)(F)COc1ccc(Cl)cc1CN1CCOc2c(C(=O)O)cccc21. The molecule has 1 aliphatic rings. The van der Waals surface area contributed by atoms with Gasteiger partial charge in [0.25, 0.3) is 0 Å². The third-order valence-corrected chi connectivity index (χ3v) is 4.36. The number of hydrogen-bond acceptors (Lipinski definition) is 4. The van der Waals surface area contributed by atoms with E-state index in [0.717, 1.165) is 5.56 Å². The van der Waals surface area contributed by atoms with Crippen LogP contribution >= 0.6 is 11.6 Å². The van der Waals surface area contributed by atoms with E-state index in [-0.39, 0.29) is 12.2 Å². The molecule has 0 radical (unpaired) electrons. The molecule has 144 valence electrons. The molecule has 1 aliphatic heterocycles. The number of hydrogen-bond donors (Lipinski definition) is 1. The van der Waals surface area contributed by atoms with Crippen molar-refractivity contribution >= 4 is 23.3 Å². The number of benzene rings is 2. The number of carboxylic acids is 1. The van der Waals surface area contributed by atoms with Gasteiger partial charge in [0.15, 0.2) is 5.75 Å². The topological polar surface area (TPSA) is 59.0 Å². The fourth-order valence-electron chi connectivity index (χ4n) is 2.90. The lowest BCUT2D eigenvalue weighted by molar-refractivity contribution is 0.0692. The second kappa shape index (κ2) is 7.64. The van der Waals surface area contributed by atoms with E-state index in [1.165, 1.54) is 19.9 Å². The van der Waals surface area contributed by atoms with Gasteiger partial charge in [-0.2, -0.15) is 0 Å². The first-order valence-corrected chi connectivity index (χ1v) is 8.96. The largest absolute Gasteiger partial charge is 0.490 e. The Balaban J connectivity index is 1.90. The van der Waals surface area contributed by atoms with Crippen LogP contribution in [0.1, 0.15) is 29.8 Å². The summed E-state index contributed by atoms with van der Waals surface area (Å²) in [6.07, 6.45) is 0. The number of carbonyl (C=O) groups is 1. The maximum absolute atomic E-state index is 13.8. The van der Waals surface area contributed by atoms with Crippen molar-refractivity contribution in [1.82, 2.24) is 0 Å². The Kier molecular flexibility index (Phi) is 5.46. The van der Waals surface area contributed by atoms with Gasteiger partial charge in [0, 0.05) is 17.1 Å². The van der Waals surface area contributed by atoms with Crippen molar-refractivity contribution in [3.63, 3.8) is 0 Å². The zero-order valence-corrected chi connectivity index (χ0v) is 15.9. The fourth-order valence-corrected chi connectivity index (χ4v) is 3.10. The molecule has 27 heavy (non-hydrogen) atoms. The van der Waals surface area contributed by atoms with Crippen LogP contribution in [-0.2, 0) is 6.54 Å². The number of anilines is 1. The van der Waals surface area contributed by atoms with E-state index in [9.17, 15) is 14.3 Å². The van der Waals surface area contributed by atoms with Crippen LogP contribution in [0.5, 0.6) is 11.5 Å². The summed E-state index contributed by atoms with van der Waals surface area (Å²) in [7, 11) is 0. The number of para-hydroxylation sites is 1. The smallest absolute Gasteiger partial charge is 0.339 e. The molecule has 0 saturated carbocycles. The van der Waals surface area contributed by atoms with Gasteiger partial charge in [-0.15, -0.1) is 0 Å². The number of nitrogens with zero attached hydrogens (tertiary/aromatic N) is 1. The number of rotatable bonds is 6. The molecule has 1 N–H and O–H groups in total. The summed E-state index contributed by atoms with van der Waals surface area (Å²) < 4.78 is 25.1. The summed E-state index contributed by atoms with van der Waals surface area (Å²) >= 11 is 6.14. The van der Waals surface area contributed by atoms with E-state index in [4.69, 9.17) is 21.1 Å². The first kappa shape index (κ1) is 19.3. The van der Waals surface area contributed by atoms with Crippen LogP contribution in [0, 0.1) is 0 Å². The molecule has 5 nitrogen and oxygen atoms in total. The first-order chi connectivity index (χ1) is 12.7. The van der Waals surface area contributed by atoms with E-state index in [0.29, 0.717) is 41.9 Å². The molecule has 2 aromatic rings. The third kappa shape index (κ3) is 4.63. The Morgan fingerprint density at radius 3 is 2.85 bits per heavy atom. The number of halogens is 2. The van der Waals surface area contributed by atoms with Gasteiger partial charge < -0.3 is 19.5 Å². The van der Waals surface area contributed by atoms with E-state index < -0.39 is 11.6 Å². The molecule has 0 saturated heterocycles. The van der Waals surface area contributed by atoms with E-state index >= 15 is 0 Å². The minimum Gasteiger partial charge on any atom is -0.490 e. The van der Waals surface area contributed by atoms with Gasteiger partial charge >= 0.3 is 5.97 Å². The Bertz CT molecular complexity index is 850. The molecule has 0 unspecified atom stereocenters. The van der Waals surface area contributed by atoms with Gasteiger partial charge in [-0.3, -0.25) is 0 Å². The Morgan fingerprint density at radius 1 is 1.37 bits per heavy atom. The lowest BCUT2D eigenvalue weighted by Crippen LogP contribution is -2.33. The summed E-state index contributed by atoms with van der Waals surface area (Å²) in [6.45, 7) is 4.21. The molecule has 0 aliphatic carbocycles. The second-order valence-electron chi connectivity index (χ2n) is 6.99. The predicted octanol–water partition coefficient (Wildman–Crippen LogP) is 4.56. The molecule has 0 bridgehead atoms. The Labute approximate surface area is 162 Å². The van der Waals surface area contributed by atoms with Crippen LogP contribution in [0.2, 0.25) is 5.02 Å². The van der Waals surface area contributed by atoms with E-state index in [1.54, 1.807) is 24.3 Å². The van der Waals surface area contributed by atoms with Crippen molar-refractivity contribution < 1.29 is 23.8 Å². The molecule has 0 fully saturated rings. The highest BCUT2D eigenvalue weighted by atomic mass is 35.5. The van der Waals surface area contributed by atoms with Crippen LogP contribution in [0.25, 0.3) is 0 Å². The van der Waals surface area contributed by atoms with Crippen molar-refractivity contribution in [2.75, 3.05) is 24.7 Å². The van der Waals surface area contributed by atoms with Crippen molar-refractivity contribution in [1.29, 1.82) is 0 Å². The van der Waals surface area contributed by atoms with E-state index in [1.807, 2.05) is 11.0 Å². The quantitative estimate of drug-likeness (QED) is 0.779. The summed E-state index contributed by atoms with van der Waals surface area (Å²) in [4.78, 5) is 13.4. The lowest BCUT2D eigenvalue weighted by atomic mass is 10.1.